The normalized spacial score (nSPS) is 26.3. The number of aromatic nitrogens is 1. The maximum absolute atomic E-state index is 14.7. The van der Waals surface area contributed by atoms with Gasteiger partial charge in [-0.2, -0.15) is 0 Å². The number of nitrogens with zero attached hydrogens (tertiary/aromatic N) is 3. The first-order chi connectivity index (χ1) is 27.5. The number of sulfonamides is 1. The molecule has 1 aromatic heterocycles. The van der Waals surface area contributed by atoms with E-state index < -0.39 is 74.3 Å². The molecular formula is C42H52N6O9S. The van der Waals surface area contributed by atoms with Crippen LogP contribution in [-0.2, 0) is 29.1 Å². The van der Waals surface area contributed by atoms with Gasteiger partial charge in [-0.05, 0) is 96.1 Å². The van der Waals surface area contributed by atoms with E-state index in [1.54, 1.807) is 33.9 Å². The van der Waals surface area contributed by atoms with Gasteiger partial charge in [0.25, 0.3) is 5.91 Å². The van der Waals surface area contributed by atoms with Crippen molar-refractivity contribution in [3.05, 3.63) is 66.7 Å². The van der Waals surface area contributed by atoms with Crippen molar-refractivity contribution in [1.29, 1.82) is 0 Å². The Morgan fingerprint density at radius 1 is 1.03 bits per heavy atom. The van der Waals surface area contributed by atoms with Crippen LogP contribution in [0, 0.1) is 5.92 Å². The number of hydrogen-bond donors (Lipinski definition) is 3. The standard InChI is InChI=1S/C42H52N6O9S/c1-41(2,3)57-40(52)44-34-25-47(4)19-11-7-10-14-28-23-42(28,39(51)46-58(53,54)31-16-17-31)45-36(49)35-22-30(24-48(35)38(34)50)56-37-32-18-15-29(55-5)20-27(32)21-33(43-37)26-12-8-6-9-13-26/h6,8-10,12-15,18,20-21,28,30-31,34-35H,7,11,16-17,19,22-25H2,1-5H3,(H,44,52)(H,45,49)(H,46,51)/b14-10-/t28-,30?,34+,35+,42-/m1/s1. The van der Waals surface area contributed by atoms with Gasteiger partial charge in [0.05, 0.1) is 24.6 Å². The van der Waals surface area contributed by atoms with Gasteiger partial charge in [-0.25, -0.2) is 18.2 Å². The van der Waals surface area contributed by atoms with Crippen LogP contribution in [0.2, 0.25) is 0 Å². The number of fused-ring (bicyclic) bond motifs is 3. The Labute approximate surface area is 338 Å². The zero-order chi connectivity index (χ0) is 41.4. The van der Waals surface area contributed by atoms with Gasteiger partial charge < -0.3 is 34.6 Å². The number of carbonyl (C=O) groups excluding carboxylic acids is 4. The van der Waals surface area contributed by atoms with E-state index in [9.17, 15) is 27.6 Å². The Kier molecular flexibility index (Phi) is 11.4. The molecule has 2 aromatic carbocycles. The molecule has 1 saturated heterocycles. The minimum atomic E-state index is -3.92. The van der Waals surface area contributed by atoms with Gasteiger partial charge in [0.1, 0.15) is 35.1 Å². The van der Waals surface area contributed by atoms with Crippen molar-refractivity contribution in [2.75, 3.05) is 33.8 Å². The summed E-state index contributed by atoms with van der Waals surface area (Å²) in [6.45, 7) is 5.82. The molecule has 0 bridgehead atoms. The molecule has 4 aliphatic rings. The van der Waals surface area contributed by atoms with Gasteiger partial charge >= 0.3 is 6.09 Å². The molecule has 310 valence electrons. The van der Waals surface area contributed by atoms with E-state index in [0.717, 1.165) is 10.9 Å². The molecule has 3 heterocycles. The summed E-state index contributed by atoms with van der Waals surface area (Å²) in [6.07, 6.45) is 4.71. The zero-order valence-electron chi connectivity index (χ0n) is 33.5. The highest BCUT2D eigenvalue weighted by Crippen LogP contribution is 2.46. The van der Waals surface area contributed by atoms with E-state index in [2.05, 4.69) is 15.4 Å². The Morgan fingerprint density at radius 3 is 2.50 bits per heavy atom. The minimum Gasteiger partial charge on any atom is -0.497 e. The van der Waals surface area contributed by atoms with Gasteiger partial charge in [0.2, 0.25) is 27.7 Å². The van der Waals surface area contributed by atoms with Crippen molar-refractivity contribution < 1.29 is 41.8 Å². The zero-order valence-corrected chi connectivity index (χ0v) is 34.3. The highest BCUT2D eigenvalue weighted by atomic mass is 32.2. The lowest BCUT2D eigenvalue weighted by Crippen LogP contribution is -2.59. The molecule has 3 aromatic rings. The Bertz CT molecular complexity index is 2210. The maximum Gasteiger partial charge on any atom is 0.408 e. The second-order valence-electron chi connectivity index (χ2n) is 16.7. The molecule has 5 atom stereocenters. The first-order valence-corrected chi connectivity index (χ1v) is 21.3. The lowest BCUT2D eigenvalue weighted by molar-refractivity contribution is -0.141. The van der Waals surface area contributed by atoms with Crippen molar-refractivity contribution in [3.63, 3.8) is 0 Å². The van der Waals surface area contributed by atoms with Gasteiger partial charge in [-0.15, -0.1) is 0 Å². The molecule has 2 aliphatic heterocycles. The number of pyridine rings is 1. The third kappa shape index (κ3) is 9.23. The average molecular weight is 817 g/mol. The molecule has 0 radical (unpaired) electrons. The maximum atomic E-state index is 14.7. The Hall–Kier alpha value is -5.22. The summed E-state index contributed by atoms with van der Waals surface area (Å²) in [5.74, 6) is -1.52. The number of methoxy groups -OCH3 is 1. The molecule has 7 rings (SSSR count). The third-order valence-corrected chi connectivity index (χ3v) is 12.7. The first-order valence-electron chi connectivity index (χ1n) is 19.8. The molecule has 2 aliphatic carbocycles. The number of hydrogen-bond acceptors (Lipinski definition) is 11. The summed E-state index contributed by atoms with van der Waals surface area (Å²) < 4.78 is 45.8. The largest absolute Gasteiger partial charge is 0.497 e. The molecule has 2 saturated carbocycles. The number of amides is 4. The quantitative estimate of drug-likeness (QED) is 0.280. The number of carbonyl (C=O) groups is 4. The van der Waals surface area contributed by atoms with Crippen LogP contribution in [0.4, 0.5) is 4.79 Å². The first kappa shape index (κ1) is 41.0. The van der Waals surface area contributed by atoms with Gasteiger partial charge in [-0.1, -0.05) is 42.5 Å². The topological polar surface area (TPSA) is 186 Å². The smallest absolute Gasteiger partial charge is 0.408 e. The van der Waals surface area contributed by atoms with Crippen molar-refractivity contribution in [2.45, 2.75) is 93.9 Å². The van der Waals surface area contributed by atoms with Crippen LogP contribution < -0.4 is 24.8 Å². The molecular weight excluding hydrogens is 765 g/mol. The highest BCUT2D eigenvalue weighted by molar-refractivity contribution is 7.91. The fourth-order valence-corrected chi connectivity index (χ4v) is 9.02. The van der Waals surface area contributed by atoms with Crippen molar-refractivity contribution in [3.8, 4) is 22.9 Å². The summed E-state index contributed by atoms with van der Waals surface area (Å²) in [5.41, 5.74) is -0.873. The van der Waals surface area contributed by atoms with Crippen molar-refractivity contribution in [2.24, 2.45) is 5.92 Å². The lowest BCUT2D eigenvalue weighted by atomic mass is 10.1. The molecule has 3 fully saturated rings. The number of benzene rings is 2. The van der Waals surface area contributed by atoms with E-state index in [0.29, 0.717) is 49.1 Å². The van der Waals surface area contributed by atoms with Crippen LogP contribution in [-0.4, -0.2) is 115 Å². The summed E-state index contributed by atoms with van der Waals surface area (Å²) in [5, 5.41) is 6.49. The van der Waals surface area contributed by atoms with Crippen molar-refractivity contribution in [1.82, 2.24) is 30.1 Å². The van der Waals surface area contributed by atoms with E-state index >= 15 is 0 Å². The fraction of sp³-hybridized carbons (Fsp3) is 0.500. The number of likely N-dealkylation sites (N-methyl/N-ethyl adjacent to an activating group) is 1. The lowest BCUT2D eigenvalue weighted by Gasteiger charge is -2.32. The summed E-state index contributed by atoms with van der Waals surface area (Å²) in [4.78, 5) is 64.5. The summed E-state index contributed by atoms with van der Waals surface area (Å²) >= 11 is 0. The van der Waals surface area contributed by atoms with Gasteiger partial charge in [0.15, 0.2) is 0 Å². The van der Waals surface area contributed by atoms with E-state index in [1.807, 2.05) is 72.6 Å². The SMILES string of the molecule is COc1ccc2c(OC3C[C@H]4C(=O)N[C@]5(C(=O)NS(=O)(=O)C6CC6)C[C@H]5/C=C\CCCN(C)C[C@H](NC(=O)OC(C)(C)C)C(=O)N4C3)nc(-c3ccccc3)cc2c1. The molecule has 0 spiro atoms. The Balaban J connectivity index is 1.24. The van der Waals surface area contributed by atoms with Crippen molar-refractivity contribution >= 4 is 44.6 Å². The number of alkyl carbamates (subject to hydrolysis) is 1. The second kappa shape index (κ2) is 16.2. The monoisotopic (exact) mass is 816 g/mol. The van der Waals surface area contributed by atoms with E-state index in [1.165, 1.54) is 4.90 Å². The summed E-state index contributed by atoms with van der Waals surface area (Å²) in [6, 6.07) is 14.8. The fourth-order valence-electron chi connectivity index (χ4n) is 7.66. The minimum absolute atomic E-state index is 0.0139. The van der Waals surface area contributed by atoms with Gasteiger partial charge in [0, 0.05) is 29.8 Å². The molecule has 16 heteroatoms. The number of ether oxygens (including phenoxy) is 3. The van der Waals surface area contributed by atoms with E-state index in [4.69, 9.17) is 19.2 Å². The predicted molar refractivity (Wildman–Crippen MR) is 216 cm³/mol. The number of allylic oxidation sites excluding steroid dienone is 1. The second-order valence-corrected chi connectivity index (χ2v) is 18.7. The van der Waals surface area contributed by atoms with Crippen LogP contribution in [0.15, 0.2) is 66.7 Å². The molecule has 58 heavy (non-hydrogen) atoms. The number of rotatable bonds is 8. The van der Waals surface area contributed by atoms with Crippen LogP contribution >= 0.6 is 0 Å². The van der Waals surface area contributed by atoms with Crippen LogP contribution in [0.1, 0.15) is 59.3 Å². The molecule has 15 nitrogen and oxygen atoms in total. The predicted octanol–water partition coefficient (Wildman–Crippen LogP) is 3.92. The van der Waals surface area contributed by atoms with Gasteiger partial charge in [-0.3, -0.25) is 19.1 Å². The highest BCUT2D eigenvalue weighted by Gasteiger charge is 2.62. The third-order valence-electron chi connectivity index (χ3n) is 10.9. The molecule has 4 amide bonds. The number of nitrogens with one attached hydrogen (secondary N) is 3. The molecule has 3 N–H and O–H groups in total. The Morgan fingerprint density at radius 2 is 1.79 bits per heavy atom. The van der Waals surface area contributed by atoms with E-state index in [-0.39, 0.29) is 31.8 Å². The van der Waals surface area contributed by atoms with Crippen LogP contribution in [0.25, 0.3) is 22.0 Å². The van der Waals surface area contributed by atoms with Crippen LogP contribution in [0.5, 0.6) is 11.6 Å². The molecule has 1 unspecified atom stereocenters. The van der Waals surface area contributed by atoms with Crippen LogP contribution in [0.3, 0.4) is 0 Å². The average Bonchev–Trinajstić information content (AvgIpc) is 4.10. The summed E-state index contributed by atoms with van der Waals surface area (Å²) in [7, 11) is -0.483.